The molecule has 0 bridgehead atoms. The summed E-state index contributed by atoms with van der Waals surface area (Å²) in [5.74, 6) is 2.44. The highest BCUT2D eigenvalue weighted by molar-refractivity contribution is 5.79. The number of nitrogens with one attached hydrogen (secondary N) is 2. The number of hydrogen-bond acceptors (Lipinski definition) is 4. The van der Waals surface area contributed by atoms with Gasteiger partial charge in [0.15, 0.2) is 17.5 Å². The fourth-order valence-electron chi connectivity index (χ4n) is 3.76. The molecule has 0 unspecified atom stereocenters. The molecule has 3 rings (SSSR count). The molecule has 0 atom stereocenters. The smallest absolute Gasteiger partial charge is 0.191 e. The van der Waals surface area contributed by atoms with Gasteiger partial charge in [-0.1, -0.05) is 12.1 Å². The van der Waals surface area contributed by atoms with Crippen LogP contribution in [0.2, 0.25) is 0 Å². The zero-order valence-electron chi connectivity index (χ0n) is 18.5. The highest BCUT2D eigenvalue weighted by Gasteiger charge is 2.20. The molecule has 1 aliphatic carbocycles. The number of rotatable bonds is 10. The van der Waals surface area contributed by atoms with Crippen LogP contribution in [-0.2, 0) is 20.0 Å². The van der Waals surface area contributed by atoms with Crippen LogP contribution in [0.15, 0.2) is 35.6 Å². The summed E-state index contributed by atoms with van der Waals surface area (Å²) in [4.78, 5) is 4.79. The zero-order valence-corrected chi connectivity index (χ0v) is 18.5. The fraction of sp³-hybridized carbons (Fsp3) is 0.565. The zero-order chi connectivity index (χ0) is 21.2. The Hall–Kier alpha value is -2.70. The minimum atomic E-state index is 0.280. The normalized spacial score (nSPS) is 14.7. The molecule has 0 aliphatic heterocycles. The van der Waals surface area contributed by atoms with Crippen LogP contribution >= 0.6 is 0 Å². The topological polar surface area (TPSA) is 72.7 Å². The van der Waals surface area contributed by atoms with Crippen LogP contribution in [-0.4, -0.2) is 42.0 Å². The maximum atomic E-state index is 6.33. The molecule has 2 N–H and O–H groups in total. The molecule has 0 spiro atoms. The summed E-state index contributed by atoms with van der Waals surface area (Å²) in [7, 11) is 3.64. The first-order chi connectivity index (χ1) is 14.7. The average Bonchev–Trinajstić information content (AvgIpc) is 3.41. The Morgan fingerprint density at radius 3 is 2.80 bits per heavy atom. The van der Waals surface area contributed by atoms with Crippen LogP contribution in [0, 0.1) is 0 Å². The number of aliphatic imine (C=N–C) groups is 1. The first kappa shape index (κ1) is 22.0. The van der Waals surface area contributed by atoms with Gasteiger partial charge in [0.2, 0.25) is 0 Å². The number of methoxy groups -OCH3 is 1. The van der Waals surface area contributed by atoms with E-state index in [1.165, 1.54) is 18.4 Å². The Kier molecular flexibility index (Phi) is 8.41. The Bertz CT molecular complexity index is 812. The van der Waals surface area contributed by atoms with E-state index in [2.05, 4.69) is 34.9 Å². The van der Waals surface area contributed by atoms with Gasteiger partial charge in [0.25, 0.3) is 0 Å². The van der Waals surface area contributed by atoms with E-state index in [9.17, 15) is 0 Å². The van der Waals surface area contributed by atoms with Crippen molar-refractivity contribution in [2.45, 2.75) is 58.1 Å². The second-order valence-corrected chi connectivity index (χ2v) is 7.72. The van der Waals surface area contributed by atoms with Crippen molar-refractivity contribution in [2.75, 3.05) is 20.2 Å². The van der Waals surface area contributed by atoms with E-state index in [0.29, 0.717) is 6.54 Å². The Morgan fingerprint density at radius 2 is 2.10 bits per heavy atom. The Balaban J connectivity index is 1.60. The van der Waals surface area contributed by atoms with Crippen molar-refractivity contribution in [1.29, 1.82) is 0 Å². The molecule has 1 saturated carbocycles. The molecule has 1 heterocycles. The van der Waals surface area contributed by atoms with Crippen molar-refractivity contribution >= 4 is 5.96 Å². The second kappa shape index (κ2) is 11.5. The van der Waals surface area contributed by atoms with E-state index in [-0.39, 0.29) is 6.10 Å². The Labute approximate surface area is 179 Å². The standard InChI is InChI=1S/C23H35N5O2/c1-4-24-23(25-14-8-9-18-15-27-28(2)17-18)26-16-19-10-7-13-21(29-3)22(19)30-20-11-5-6-12-20/h7,10,13,15,17,20H,4-6,8-9,11-12,14,16H2,1-3H3,(H2,24,25,26). The van der Waals surface area contributed by atoms with Crippen molar-refractivity contribution in [3.05, 3.63) is 41.7 Å². The molecule has 2 aromatic rings. The number of benzene rings is 1. The third kappa shape index (κ3) is 6.40. The summed E-state index contributed by atoms with van der Waals surface area (Å²) in [6.45, 7) is 4.28. The van der Waals surface area contributed by atoms with Gasteiger partial charge < -0.3 is 20.1 Å². The molecule has 0 saturated heterocycles. The monoisotopic (exact) mass is 413 g/mol. The van der Waals surface area contributed by atoms with Crippen molar-refractivity contribution < 1.29 is 9.47 Å². The van der Waals surface area contributed by atoms with Gasteiger partial charge in [0.05, 0.1) is 26.0 Å². The van der Waals surface area contributed by atoms with E-state index in [1.54, 1.807) is 7.11 Å². The number of guanidine groups is 1. The van der Waals surface area contributed by atoms with Gasteiger partial charge >= 0.3 is 0 Å². The first-order valence-corrected chi connectivity index (χ1v) is 11.0. The maximum Gasteiger partial charge on any atom is 0.191 e. The molecular weight excluding hydrogens is 378 g/mol. The quantitative estimate of drug-likeness (QED) is 0.355. The van der Waals surface area contributed by atoms with Gasteiger partial charge in [-0.05, 0) is 57.1 Å². The summed E-state index contributed by atoms with van der Waals surface area (Å²) >= 11 is 0. The average molecular weight is 414 g/mol. The fourth-order valence-corrected chi connectivity index (χ4v) is 3.76. The van der Waals surface area contributed by atoms with Crippen molar-refractivity contribution in [3.63, 3.8) is 0 Å². The van der Waals surface area contributed by atoms with E-state index in [1.807, 2.05) is 30.1 Å². The first-order valence-electron chi connectivity index (χ1n) is 11.0. The molecule has 7 heteroatoms. The highest BCUT2D eigenvalue weighted by atomic mass is 16.5. The molecule has 164 valence electrons. The van der Waals surface area contributed by atoms with Gasteiger partial charge in [-0.25, -0.2) is 4.99 Å². The van der Waals surface area contributed by atoms with Crippen LogP contribution in [0.25, 0.3) is 0 Å². The number of nitrogens with zero attached hydrogens (tertiary/aromatic N) is 3. The highest BCUT2D eigenvalue weighted by Crippen LogP contribution is 2.35. The number of aryl methyl sites for hydroxylation is 2. The lowest BCUT2D eigenvalue weighted by molar-refractivity contribution is 0.198. The third-order valence-electron chi connectivity index (χ3n) is 5.31. The van der Waals surface area contributed by atoms with Crippen LogP contribution in [0.5, 0.6) is 11.5 Å². The van der Waals surface area contributed by atoms with Gasteiger partial charge in [-0.2, -0.15) is 5.10 Å². The summed E-state index contributed by atoms with van der Waals surface area (Å²) < 4.78 is 13.7. The molecule has 7 nitrogen and oxygen atoms in total. The molecule has 30 heavy (non-hydrogen) atoms. The third-order valence-corrected chi connectivity index (χ3v) is 5.31. The summed E-state index contributed by atoms with van der Waals surface area (Å²) in [6, 6.07) is 6.03. The van der Waals surface area contributed by atoms with Crippen LogP contribution in [0.4, 0.5) is 0 Å². The van der Waals surface area contributed by atoms with E-state index >= 15 is 0 Å². The number of para-hydroxylation sites is 1. The minimum absolute atomic E-state index is 0.280. The van der Waals surface area contributed by atoms with Crippen molar-refractivity contribution in [2.24, 2.45) is 12.0 Å². The number of aromatic nitrogens is 2. The Morgan fingerprint density at radius 1 is 1.27 bits per heavy atom. The summed E-state index contributed by atoms with van der Waals surface area (Å²) in [5.41, 5.74) is 2.31. The van der Waals surface area contributed by atoms with E-state index in [4.69, 9.17) is 14.5 Å². The molecular formula is C23H35N5O2. The van der Waals surface area contributed by atoms with Crippen LogP contribution < -0.4 is 20.1 Å². The van der Waals surface area contributed by atoms with Gasteiger partial charge in [0.1, 0.15) is 0 Å². The van der Waals surface area contributed by atoms with Gasteiger partial charge in [-0.15, -0.1) is 0 Å². The van der Waals surface area contributed by atoms with Crippen molar-refractivity contribution in [1.82, 2.24) is 20.4 Å². The van der Waals surface area contributed by atoms with Crippen LogP contribution in [0.3, 0.4) is 0 Å². The van der Waals surface area contributed by atoms with Crippen LogP contribution in [0.1, 0.15) is 50.2 Å². The summed E-state index contributed by atoms with van der Waals surface area (Å²) in [5, 5.41) is 11.0. The molecule has 1 aromatic carbocycles. The molecule has 1 fully saturated rings. The van der Waals surface area contributed by atoms with Crippen molar-refractivity contribution in [3.8, 4) is 11.5 Å². The van der Waals surface area contributed by atoms with E-state index in [0.717, 1.165) is 61.8 Å². The lowest BCUT2D eigenvalue weighted by Gasteiger charge is -2.19. The van der Waals surface area contributed by atoms with Gasteiger partial charge in [-0.3, -0.25) is 4.68 Å². The number of hydrogen-bond donors (Lipinski definition) is 2. The molecule has 0 amide bonds. The predicted octanol–water partition coefficient (Wildman–Crippen LogP) is 3.44. The number of ether oxygens (including phenoxy) is 2. The lowest BCUT2D eigenvalue weighted by atomic mass is 10.1. The largest absolute Gasteiger partial charge is 0.493 e. The molecule has 0 radical (unpaired) electrons. The SMILES string of the molecule is CCNC(=NCc1cccc(OC)c1OC1CCCC1)NCCCc1cnn(C)c1. The summed E-state index contributed by atoms with van der Waals surface area (Å²) in [6.07, 6.45) is 11.0. The van der Waals surface area contributed by atoms with E-state index < -0.39 is 0 Å². The minimum Gasteiger partial charge on any atom is -0.493 e. The maximum absolute atomic E-state index is 6.33. The molecule has 1 aromatic heterocycles. The van der Waals surface area contributed by atoms with Gasteiger partial charge in [0, 0.05) is 31.9 Å². The second-order valence-electron chi connectivity index (χ2n) is 7.72. The molecule has 1 aliphatic rings. The lowest BCUT2D eigenvalue weighted by Crippen LogP contribution is -2.37. The predicted molar refractivity (Wildman–Crippen MR) is 120 cm³/mol.